The average molecular weight is 238 g/mol. The van der Waals surface area contributed by atoms with E-state index in [1.807, 2.05) is 0 Å². The molecule has 1 unspecified atom stereocenters. The third-order valence-corrected chi connectivity index (χ3v) is 2.87. The number of carbonyl (C=O) groups is 1. The predicted molar refractivity (Wildman–Crippen MR) is 68.1 cm³/mol. The summed E-state index contributed by atoms with van der Waals surface area (Å²) >= 11 is 5.07. The van der Waals surface area contributed by atoms with Gasteiger partial charge >= 0.3 is 0 Å². The molecule has 1 amide bonds. The van der Waals surface area contributed by atoms with Crippen molar-refractivity contribution in [2.24, 2.45) is 0 Å². The molecular weight excluding hydrogens is 220 g/mol. The van der Waals surface area contributed by atoms with Gasteiger partial charge in [0.2, 0.25) is 0 Å². The molecule has 1 aromatic heterocycles. The molecule has 3 nitrogen and oxygen atoms in total. The van der Waals surface area contributed by atoms with Crippen molar-refractivity contribution in [3.63, 3.8) is 0 Å². The van der Waals surface area contributed by atoms with Crippen LogP contribution < -0.4 is 5.32 Å². The maximum atomic E-state index is 11.9. The van der Waals surface area contributed by atoms with Crippen molar-refractivity contribution in [2.45, 2.75) is 39.2 Å². The first-order chi connectivity index (χ1) is 7.69. The van der Waals surface area contributed by atoms with E-state index < -0.39 is 0 Å². The Morgan fingerprint density at radius 1 is 1.56 bits per heavy atom. The molecule has 2 N–H and O–H groups in total. The fourth-order valence-electron chi connectivity index (χ4n) is 1.59. The highest BCUT2D eigenvalue weighted by atomic mass is 32.1. The molecule has 0 saturated carbocycles. The van der Waals surface area contributed by atoms with Crippen molar-refractivity contribution >= 4 is 18.1 Å². The highest BCUT2D eigenvalue weighted by Gasteiger charge is 2.12. The van der Waals surface area contributed by atoms with Crippen molar-refractivity contribution in [1.82, 2.24) is 10.3 Å². The van der Waals surface area contributed by atoms with E-state index in [0.717, 1.165) is 19.3 Å². The Hall–Kier alpha value is -1.16. The first kappa shape index (κ1) is 12.9. The molecule has 0 spiro atoms. The molecule has 1 atom stereocenters. The van der Waals surface area contributed by atoms with E-state index in [2.05, 4.69) is 24.1 Å². The van der Waals surface area contributed by atoms with Gasteiger partial charge in [0.25, 0.3) is 5.91 Å². The van der Waals surface area contributed by atoms with E-state index in [9.17, 15) is 4.79 Å². The Kier molecular flexibility index (Phi) is 5.19. The normalized spacial score (nSPS) is 12.1. The minimum Gasteiger partial charge on any atom is -0.352 e. The van der Waals surface area contributed by atoms with Gasteiger partial charge in [0.15, 0.2) is 0 Å². The molecule has 16 heavy (non-hydrogen) atoms. The Labute approximate surface area is 101 Å². The van der Waals surface area contributed by atoms with Crippen LogP contribution in [0.5, 0.6) is 0 Å². The number of nitrogens with one attached hydrogen (secondary N) is 2. The highest BCUT2D eigenvalue weighted by molar-refractivity contribution is 7.71. The van der Waals surface area contributed by atoms with E-state index in [0.29, 0.717) is 10.2 Å². The third-order valence-electron chi connectivity index (χ3n) is 2.53. The monoisotopic (exact) mass is 238 g/mol. The fourth-order valence-corrected chi connectivity index (χ4v) is 1.82. The summed E-state index contributed by atoms with van der Waals surface area (Å²) < 4.78 is 0.492. The molecule has 0 aliphatic heterocycles. The van der Waals surface area contributed by atoms with Gasteiger partial charge in [-0.2, -0.15) is 0 Å². The summed E-state index contributed by atoms with van der Waals surface area (Å²) in [4.78, 5) is 14.8. The summed E-state index contributed by atoms with van der Waals surface area (Å²) in [5.74, 6) is -0.0813. The van der Waals surface area contributed by atoms with E-state index >= 15 is 0 Å². The van der Waals surface area contributed by atoms with Crippen molar-refractivity contribution < 1.29 is 4.79 Å². The van der Waals surface area contributed by atoms with Crippen molar-refractivity contribution in [2.75, 3.05) is 0 Å². The maximum Gasteiger partial charge on any atom is 0.254 e. The third kappa shape index (κ3) is 3.45. The Bertz CT molecular complexity index is 400. The SMILES string of the molecule is CCCC(CC)NC(=O)c1ccc[nH]c1=S. The average Bonchev–Trinajstić information content (AvgIpc) is 2.28. The molecule has 0 aliphatic carbocycles. The van der Waals surface area contributed by atoms with Gasteiger partial charge in [0, 0.05) is 12.2 Å². The van der Waals surface area contributed by atoms with Crippen LogP contribution in [0.4, 0.5) is 0 Å². The summed E-state index contributed by atoms with van der Waals surface area (Å²) in [7, 11) is 0. The zero-order chi connectivity index (χ0) is 12.0. The van der Waals surface area contributed by atoms with Gasteiger partial charge in [0.05, 0.1) is 5.56 Å². The number of rotatable bonds is 5. The Morgan fingerprint density at radius 3 is 2.88 bits per heavy atom. The Morgan fingerprint density at radius 2 is 2.31 bits per heavy atom. The molecule has 1 rings (SSSR count). The lowest BCUT2D eigenvalue weighted by molar-refractivity contribution is 0.0933. The lowest BCUT2D eigenvalue weighted by Crippen LogP contribution is -2.34. The first-order valence-electron chi connectivity index (χ1n) is 5.67. The van der Waals surface area contributed by atoms with Crippen LogP contribution in [-0.4, -0.2) is 16.9 Å². The maximum absolute atomic E-state index is 11.9. The summed E-state index contributed by atoms with van der Waals surface area (Å²) in [6.45, 7) is 4.19. The number of hydrogen-bond donors (Lipinski definition) is 2. The van der Waals surface area contributed by atoms with Gasteiger partial charge in [-0.15, -0.1) is 0 Å². The molecule has 0 radical (unpaired) electrons. The second-order valence-electron chi connectivity index (χ2n) is 3.78. The quantitative estimate of drug-likeness (QED) is 0.774. The molecular formula is C12H18N2OS. The van der Waals surface area contributed by atoms with Gasteiger partial charge in [-0.3, -0.25) is 4.79 Å². The van der Waals surface area contributed by atoms with Gasteiger partial charge in [0.1, 0.15) is 4.64 Å². The number of aromatic amines is 1. The molecule has 4 heteroatoms. The van der Waals surface area contributed by atoms with Gasteiger partial charge in [-0.05, 0) is 25.0 Å². The number of aromatic nitrogens is 1. The van der Waals surface area contributed by atoms with Crippen LogP contribution in [0.3, 0.4) is 0 Å². The summed E-state index contributed by atoms with van der Waals surface area (Å²) in [5, 5.41) is 3.00. The fraction of sp³-hybridized carbons (Fsp3) is 0.500. The molecule has 88 valence electrons. The lowest BCUT2D eigenvalue weighted by Gasteiger charge is -2.15. The van der Waals surface area contributed by atoms with Crippen LogP contribution in [0.15, 0.2) is 18.3 Å². The second kappa shape index (κ2) is 6.43. The van der Waals surface area contributed by atoms with Crippen molar-refractivity contribution in [3.05, 3.63) is 28.5 Å². The highest BCUT2D eigenvalue weighted by Crippen LogP contribution is 2.05. The Balaban J connectivity index is 2.72. The molecule has 0 aliphatic rings. The number of H-pyrrole nitrogens is 1. The van der Waals surface area contributed by atoms with Crippen molar-refractivity contribution in [3.8, 4) is 0 Å². The largest absolute Gasteiger partial charge is 0.352 e. The molecule has 0 bridgehead atoms. The van der Waals surface area contributed by atoms with E-state index in [-0.39, 0.29) is 11.9 Å². The van der Waals surface area contributed by atoms with Gasteiger partial charge < -0.3 is 10.3 Å². The van der Waals surface area contributed by atoms with E-state index in [1.54, 1.807) is 18.3 Å². The zero-order valence-electron chi connectivity index (χ0n) is 9.75. The minimum absolute atomic E-state index is 0.0813. The second-order valence-corrected chi connectivity index (χ2v) is 4.19. The number of hydrogen-bond acceptors (Lipinski definition) is 2. The summed E-state index contributed by atoms with van der Waals surface area (Å²) in [5.41, 5.74) is 0.548. The summed E-state index contributed by atoms with van der Waals surface area (Å²) in [6.07, 6.45) is 4.75. The molecule has 0 fully saturated rings. The predicted octanol–water partition coefficient (Wildman–Crippen LogP) is 3.05. The smallest absolute Gasteiger partial charge is 0.254 e. The van der Waals surface area contributed by atoms with Crippen molar-refractivity contribution in [1.29, 1.82) is 0 Å². The minimum atomic E-state index is -0.0813. The van der Waals surface area contributed by atoms with Crippen LogP contribution in [0.2, 0.25) is 0 Å². The van der Waals surface area contributed by atoms with Gasteiger partial charge in [-0.25, -0.2) is 0 Å². The van der Waals surface area contributed by atoms with Gasteiger partial charge in [-0.1, -0.05) is 32.5 Å². The van der Waals surface area contributed by atoms with Crippen LogP contribution in [0.25, 0.3) is 0 Å². The van der Waals surface area contributed by atoms with Crippen LogP contribution in [0, 0.1) is 4.64 Å². The number of pyridine rings is 1. The molecule has 1 aromatic rings. The number of amides is 1. The topological polar surface area (TPSA) is 44.9 Å². The van der Waals surface area contributed by atoms with E-state index in [4.69, 9.17) is 12.2 Å². The van der Waals surface area contributed by atoms with Crippen LogP contribution in [0.1, 0.15) is 43.5 Å². The lowest BCUT2D eigenvalue weighted by atomic mass is 10.1. The van der Waals surface area contributed by atoms with Crippen LogP contribution in [-0.2, 0) is 0 Å². The standard InChI is InChI=1S/C12H18N2OS/c1-3-6-9(4-2)14-11(15)10-7-5-8-13-12(10)16/h5,7-9H,3-4,6H2,1-2H3,(H,13,16)(H,14,15). The summed E-state index contributed by atoms with van der Waals surface area (Å²) in [6, 6.07) is 3.77. The molecule has 0 aromatic carbocycles. The van der Waals surface area contributed by atoms with E-state index in [1.165, 1.54) is 0 Å². The van der Waals surface area contributed by atoms with Crippen LogP contribution >= 0.6 is 12.2 Å². The first-order valence-corrected chi connectivity index (χ1v) is 6.08. The number of carbonyl (C=O) groups excluding carboxylic acids is 1. The molecule has 1 heterocycles. The molecule has 0 saturated heterocycles. The zero-order valence-corrected chi connectivity index (χ0v) is 10.6.